The molecule has 0 bridgehead atoms. The third-order valence-electron chi connectivity index (χ3n) is 2.93. The van der Waals surface area contributed by atoms with Gasteiger partial charge in [0.25, 0.3) is 0 Å². The van der Waals surface area contributed by atoms with Crippen molar-refractivity contribution in [3.05, 3.63) is 53.1 Å². The second kappa shape index (κ2) is 4.72. The van der Waals surface area contributed by atoms with Gasteiger partial charge in [-0.15, -0.1) is 0 Å². The molecule has 0 amide bonds. The average Bonchev–Trinajstić information content (AvgIpc) is 2.74. The quantitative estimate of drug-likeness (QED) is 0.880. The number of nitrogens with zero attached hydrogens (tertiary/aromatic N) is 2. The van der Waals surface area contributed by atoms with Crippen LogP contribution in [0.3, 0.4) is 0 Å². The molecule has 0 aliphatic rings. The van der Waals surface area contributed by atoms with Gasteiger partial charge in [-0.2, -0.15) is 0 Å². The summed E-state index contributed by atoms with van der Waals surface area (Å²) in [5, 5.41) is 10.4. The largest absolute Gasteiger partial charge is 0.382 e. The van der Waals surface area contributed by atoms with Crippen LogP contribution in [0.15, 0.2) is 30.7 Å². The van der Waals surface area contributed by atoms with E-state index in [1.807, 2.05) is 37.5 Å². The molecule has 3 nitrogen and oxygen atoms in total. The molecule has 1 unspecified atom stereocenters. The first kappa shape index (κ1) is 11.9. The third-order valence-corrected chi connectivity index (χ3v) is 2.93. The molecular weight excluding hydrogens is 212 g/mol. The van der Waals surface area contributed by atoms with Crippen LogP contribution >= 0.6 is 0 Å². The van der Waals surface area contributed by atoms with Crippen LogP contribution in [0.25, 0.3) is 0 Å². The van der Waals surface area contributed by atoms with Gasteiger partial charge in [-0.05, 0) is 26.3 Å². The van der Waals surface area contributed by atoms with Crippen molar-refractivity contribution < 1.29 is 5.11 Å². The molecule has 1 aromatic carbocycles. The summed E-state index contributed by atoms with van der Waals surface area (Å²) in [5.41, 5.74) is 4.11. The Kier molecular flexibility index (Phi) is 3.29. The molecule has 0 spiro atoms. The molecular formula is C14H18N2O. The molecule has 90 valence electrons. The van der Waals surface area contributed by atoms with Gasteiger partial charge in [0.2, 0.25) is 0 Å². The van der Waals surface area contributed by atoms with Crippen molar-refractivity contribution in [3.8, 4) is 0 Å². The Labute approximate surface area is 102 Å². The van der Waals surface area contributed by atoms with Gasteiger partial charge in [-0.1, -0.05) is 29.3 Å². The van der Waals surface area contributed by atoms with Gasteiger partial charge in [-0.3, -0.25) is 0 Å². The standard InChI is InChI=1S/C14H18N2O/c1-4-16-9-15-8-13(16)14(17)12-6-10(2)5-11(3)7-12/h5-9,14,17H,4H2,1-3H3. The van der Waals surface area contributed by atoms with Crippen LogP contribution in [0.5, 0.6) is 0 Å². The van der Waals surface area contributed by atoms with E-state index in [0.717, 1.165) is 17.8 Å². The van der Waals surface area contributed by atoms with Gasteiger partial charge in [0.05, 0.1) is 18.2 Å². The molecule has 3 heteroatoms. The minimum absolute atomic E-state index is 0.601. The Morgan fingerprint density at radius 2 is 1.88 bits per heavy atom. The van der Waals surface area contributed by atoms with Crippen LogP contribution in [0, 0.1) is 13.8 Å². The van der Waals surface area contributed by atoms with E-state index in [-0.39, 0.29) is 0 Å². The molecule has 1 aromatic heterocycles. The van der Waals surface area contributed by atoms with Crippen molar-refractivity contribution in [2.75, 3.05) is 0 Å². The topological polar surface area (TPSA) is 38.0 Å². The number of aryl methyl sites for hydroxylation is 3. The molecule has 2 aromatic rings. The summed E-state index contributed by atoms with van der Waals surface area (Å²) in [6.07, 6.45) is 2.88. The lowest BCUT2D eigenvalue weighted by Crippen LogP contribution is -2.07. The summed E-state index contributed by atoms with van der Waals surface area (Å²) < 4.78 is 1.96. The van der Waals surface area contributed by atoms with E-state index in [2.05, 4.69) is 11.1 Å². The maximum Gasteiger partial charge on any atom is 0.121 e. The average molecular weight is 230 g/mol. The first-order chi connectivity index (χ1) is 8.11. The molecule has 17 heavy (non-hydrogen) atoms. The zero-order chi connectivity index (χ0) is 12.4. The lowest BCUT2D eigenvalue weighted by Gasteiger charge is -2.14. The normalized spacial score (nSPS) is 12.7. The van der Waals surface area contributed by atoms with Crippen molar-refractivity contribution in [1.29, 1.82) is 0 Å². The van der Waals surface area contributed by atoms with Crippen molar-refractivity contribution in [3.63, 3.8) is 0 Å². The fourth-order valence-corrected chi connectivity index (χ4v) is 2.16. The van der Waals surface area contributed by atoms with Crippen molar-refractivity contribution >= 4 is 0 Å². The second-order valence-electron chi connectivity index (χ2n) is 4.43. The fourth-order valence-electron chi connectivity index (χ4n) is 2.16. The molecule has 0 saturated heterocycles. The number of aromatic nitrogens is 2. The SMILES string of the molecule is CCn1cncc1C(O)c1cc(C)cc(C)c1. The highest BCUT2D eigenvalue weighted by molar-refractivity contribution is 5.33. The zero-order valence-electron chi connectivity index (χ0n) is 10.5. The van der Waals surface area contributed by atoms with Gasteiger partial charge in [0, 0.05) is 6.54 Å². The monoisotopic (exact) mass is 230 g/mol. The van der Waals surface area contributed by atoms with E-state index >= 15 is 0 Å². The summed E-state index contributed by atoms with van der Waals surface area (Å²) in [6.45, 7) is 6.94. The van der Waals surface area contributed by atoms with Crippen LogP contribution in [0.4, 0.5) is 0 Å². The second-order valence-corrected chi connectivity index (χ2v) is 4.43. The molecule has 1 atom stereocenters. The minimum atomic E-state index is -0.601. The third kappa shape index (κ3) is 2.39. The predicted molar refractivity (Wildman–Crippen MR) is 67.9 cm³/mol. The molecule has 2 rings (SSSR count). The van der Waals surface area contributed by atoms with Crippen LogP contribution < -0.4 is 0 Å². The summed E-state index contributed by atoms with van der Waals surface area (Å²) in [6, 6.07) is 6.14. The Bertz CT molecular complexity index is 496. The van der Waals surface area contributed by atoms with Gasteiger partial charge in [-0.25, -0.2) is 4.98 Å². The lowest BCUT2D eigenvalue weighted by molar-refractivity contribution is 0.210. The van der Waals surface area contributed by atoms with E-state index in [1.54, 1.807) is 12.5 Å². The van der Waals surface area contributed by atoms with Gasteiger partial charge in [0.15, 0.2) is 0 Å². The molecule has 1 heterocycles. The fraction of sp³-hybridized carbons (Fsp3) is 0.357. The van der Waals surface area contributed by atoms with E-state index in [4.69, 9.17) is 0 Å². The zero-order valence-corrected chi connectivity index (χ0v) is 10.5. The molecule has 0 radical (unpaired) electrons. The first-order valence-electron chi connectivity index (χ1n) is 5.88. The van der Waals surface area contributed by atoms with Crippen LogP contribution in [-0.4, -0.2) is 14.7 Å². The van der Waals surface area contributed by atoms with E-state index < -0.39 is 6.10 Å². The molecule has 0 aliphatic carbocycles. The molecule has 0 saturated carbocycles. The maximum absolute atomic E-state index is 10.4. The highest BCUT2D eigenvalue weighted by atomic mass is 16.3. The number of rotatable bonds is 3. The first-order valence-corrected chi connectivity index (χ1v) is 5.88. The Balaban J connectivity index is 2.39. The van der Waals surface area contributed by atoms with Crippen LogP contribution in [-0.2, 0) is 6.54 Å². The van der Waals surface area contributed by atoms with Crippen molar-refractivity contribution in [2.24, 2.45) is 0 Å². The van der Waals surface area contributed by atoms with Gasteiger partial charge < -0.3 is 9.67 Å². The Morgan fingerprint density at radius 3 is 2.47 bits per heavy atom. The molecule has 0 fully saturated rings. The minimum Gasteiger partial charge on any atom is -0.382 e. The highest BCUT2D eigenvalue weighted by Gasteiger charge is 2.15. The smallest absolute Gasteiger partial charge is 0.121 e. The number of aliphatic hydroxyl groups is 1. The lowest BCUT2D eigenvalue weighted by atomic mass is 10.0. The Hall–Kier alpha value is -1.61. The van der Waals surface area contributed by atoms with E-state index in [0.29, 0.717) is 0 Å². The molecule has 0 aliphatic heterocycles. The van der Waals surface area contributed by atoms with Crippen molar-refractivity contribution in [2.45, 2.75) is 33.4 Å². The summed E-state index contributed by atoms with van der Waals surface area (Å²) in [4.78, 5) is 4.09. The maximum atomic E-state index is 10.4. The van der Waals surface area contributed by atoms with Crippen molar-refractivity contribution in [1.82, 2.24) is 9.55 Å². The summed E-state index contributed by atoms with van der Waals surface area (Å²) >= 11 is 0. The number of imidazole rings is 1. The van der Waals surface area contributed by atoms with Crippen LogP contribution in [0.2, 0.25) is 0 Å². The Morgan fingerprint density at radius 1 is 1.24 bits per heavy atom. The number of aliphatic hydroxyl groups excluding tert-OH is 1. The molecule has 1 N–H and O–H groups in total. The van der Waals surface area contributed by atoms with E-state index in [1.165, 1.54) is 11.1 Å². The number of benzene rings is 1. The van der Waals surface area contributed by atoms with Gasteiger partial charge in [0.1, 0.15) is 6.10 Å². The summed E-state index contributed by atoms with van der Waals surface area (Å²) in [5.74, 6) is 0. The summed E-state index contributed by atoms with van der Waals surface area (Å²) in [7, 11) is 0. The number of hydrogen-bond acceptors (Lipinski definition) is 2. The number of hydrogen-bond donors (Lipinski definition) is 1. The van der Waals surface area contributed by atoms with E-state index in [9.17, 15) is 5.11 Å². The predicted octanol–water partition coefficient (Wildman–Crippen LogP) is 2.60. The highest BCUT2D eigenvalue weighted by Crippen LogP contribution is 2.23. The van der Waals surface area contributed by atoms with Gasteiger partial charge >= 0.3 is 0 Å². The van der Waals surface area contributed by atoms with Crippen LogP contribution in [0.1, 0.15) is 35.4 Å².